The van der Waals surface area contributed by atoms with Crippen molar-refractivity contribution in [1.82, 2.24) is 20.3 Å². The first-order valence-corrected chi connectivity index (χ1v) is 6.76. The molecular formula is C13H24Cl2N4O2. The Bertz CT molecular complexity index is 420. The summed E-state index contributed by atoms with van der Waals surface area (Å²) in [7, 11) is 1.87. The van der Waals surface area contributed by atoms with Gasteiger partial charge in [0.05, 0.1) is 5.69 Å². The Balaban J connectivity index is 0.00000200. The second-order valence-corrected chi connectivity index (χ2v) is 4.94. The lowest BCUT2D eigenvalue weighted by atomic mass is 10.2. The van der Waals surface area contributed by atoms with Crippen LogP contribution in [0.4, 0.5) is 0 Å². The Kier molecular flexibility index (Phi) is 9.61. The van der Waals surface area contributed by atoms with Crippen molar-refractivity contribution in [2.24, 2.45) is 0 Å². The molecule has 0 aliphatic carbocycles. The third kappa shape index (κ3) is 6.22. The summed E-state index contributed by atoms with van der Waals surface area (Å²) in [4.78, 5) is 16.1. The van der Waals surface area contributed by atoms with Gasteiger partial charge in [-0.05, 0) is 14.0 Å². The van der Waals surface area contributed by atoms with E-state index in [0.29, 0.717) is 6.42 Å². The lowest BCUT2D eigenvalue weighted by Crippen LogP contribution is -2.48. The normalized spacial score (nSPS) is 15.2. The van der Waals surface area contributed by atoms with Crippen molar-refractivity contribution in [2.45, 2.75) is 19.9 Å². The van der Waals surface area contributed by atoms with Crippen molar-refractivity contribution >= 4 is 30.7 Å². The summed E-state index contributed by atoms with van der Waals surface area (Å²) < 4.78 is 5.06. The molecule has 0 unspecified atom stereocenters. The molecule has 1 aliphatic heterocycles. The van der Waals surface area contributed by atoms with Crippen LogP contribution in [-0.2, 0) is 11.3 Å². The van der Waals surface area contributed by atoms with E-state index >= 15 is 0 Å². The molecule has 0 aromatic carbocycles. The molecule has 1 aromatic rings. The van der Waals surface area contributed by atoms with E-state index in [1.165, 1.54) is 0 Å². The Morgan fingerprint density at radius 1 is 1.33 bits per heavy atom. The number of nitrogens with zero attached hydrogens (tertiary/aromatic N) is 3. The number of aryl methyl sites for hydroxylation is 1. The van der Waals surface area contributed by atoms with Crippen LogP contribution in [0, 0.1) is 6.92 Å². The number of piperazine rings is 1. The fourth-order valence-electron chi connectivity index (χ4n) is 2.27. The van der Waals surface area contributed by atoms with Crippen LogP contribution in [0.2, 0.25) is 0 Å². The van der Waals surface area contributed by atoms with Crippen LogP contribution in [0.1, 0.15) is 17.9 Å². The highest BCUT2D eigenvalue weighted by Gasteiger charge is 2.21. The molecule has 0 spiro atoms. The summed E-state index contributed by atoms with van der Waals surface area (Å²) in [5.41, 5.74) is 0.965. The highest BCUT2D eigenvalue weighted by molar-refractivity contribution is 5.85. The van der Waals surface area contributed by atoms with Gasteiger partial charge >= 0.3 is 0 Å². The zero-order valence-electron chi connectivity index (χ0n) is 12.5. The number of nitrogens with one attached hydrogen (secondary N) is 1. The zero-order chi connectivity index (χ0) is 13.7. The highest BCUT2D eigenvalue weighted by atomic mass is 35.5. The van der Waals surface area contributed by atoms with Gasteiger partial charge in [-0.15, -0.1) is 24.8 Å². The fraction of sp³-hybridized carbons (Fsp3) is 0.692. The predicted octanol–water partition coefficient (Wildman–Crippen LogP) is 1.08. The van der Waals surface area contributed by atoms with E-state index in [9.17, 15) is 4.79 Å². The molecule has 0 atom stereocenters. The number of halogens is 2. The molecule has 8 heteroatoms. The maximum Gasteiger partial charge on any atom is 0.223 e. The molecule has 1 amide bonds. The molecule has 0 bridgehead atoms. The van der Waals surface area contributed by atoms with Crippen LogP contribution in [0.25, 0.3) is 0 Å². The van der Waals surface area contributed by atoms with Gasteiger partial charge in [0.1, 0.15) is 5.76 Å². The fourth-order valence-corrected chi connectivity index (χ4v) is 2.27. The average molecular weight is 339 g/mol. The topological polar surface area (TPSA) is 61.6 Å². The maximum atomic E-state index is 11.9. The first-order valence-electron chi connectivity index (χ1n) is 6.76. The Morgan fingerprint density at radius 3 is 2.52 bits per heavy atom. The molecule has 2 rings (SSSR count). The van der Waals surface area contributed by atoms with E-state index in [0.717, 1.165) is 50.7 Å². The Morgan fingerprint density at radius 2 is 2.00 bits per heavy atom. The van der Waals surface area contributed by atoms with Crippen molar-refractivity contribution in [3.8, 4) is 0 Å². The standard InChI is InChI=1S/C13H22N4O2.2ClH/c1-11-9-12(15-19-11)10-16-5-7-17(8-6-16)13(18)3-4-14-2;;/h9,14H,3-8,10H2,1-2H3;2*1H. The van der Waals surface area contributed by atoms with E-state index in [2.05, 4.69) is 15.4 Å². The van der Waals surface area contributed by atoms with Crippen molar-refractivity contribution in [3.63, 3.8) is 0 Å². The lowest BCUT2D eigenvalue weighted by Gasteiger charge is -2.34. The van der Waals surface area contributed by atoms with Crippen LogP contribution < -0.4 is 5.32 Å². The minimum atomic E-state index is 0. The number of amides is 1. The summed E-state index contributed by atoms with van der Waals surface area (Å²) in [6, 6.07) is 1.96. The van der Waals surface area contributed by atoms with Gasteiger partial charge < -0.3 is 14.7 Å². The number of rotatable bonds is 5. The molecule has 6 nitrogen and oxygen atoms in total. The molecule has 1 saturated heterocycles. The summed E-state index contributed by atoms with van der Waals surface area (Å²) in [5, 5.41) is 7.00. The highest BCUT2D eigenvalue weighted by Crippen LogP contribution is 2.09. The maximum absolute atomic E-state index is 11.9. The molecule has 0 radical (unpaired) electrons. The van der Waals surface area contributed by atoms with Gasteiger partial charge in [-0.3, -0.25) is 9.69 Å². The number of carbonyl (C=O) groups is 1. The number of hydrogen-bond donors (Lipinski definition) is 1. The van der Waals surface area contributed by atoms with E-state index in [-0.39, 0.29) is 30.7 Å². The number of hydrogen-bond acceptors (Lipinski definition) is 5. The van der Waals surface area contributed by atoms with Gasteiger partial charge in [0, 0.05) is 51.8 Å². The van der Waals surface area contributed by atoms with Gasteiger partial charge in [-0.25, -0.2) is 0 Å². The summed E-state index contributed by atoms with van der Waals surface area (Å²) in [5.74, 6) is 1.09. The van der Waals surface area contributed by atoms with E-state index < -0.39 is 0 Å². The van der Waals surface area contributed by atoms with Gasteiger partial charge in [-0.2, -0.15) is 0 Å². The van der Waals surface area contributed by atoms with Gasteiger partial charge in [-0.1, -0.05) is 5.16 Å². The molecule has 1 fully saturated rings. The molecule has 1 N–H and O–H groups in total. The zero-order valence-corrected chi connectivity index (χ0v) is 14.1. The van der Waals surface area contributed by atoms with Crippen molar-refractivity contribution in [3.05, 3.63) is 17.5 Å². The van der Waals surface area contributed by atoms with Crippen LogP contribution in [-0.4, -0.2) is 60.6 Å². The Hall–Kier alpha value is -0.820. The molecule has 2 heterocycles. The molecule has 0 saturated carbocycles. The number of carbonyl (C=O) groups excluding carboxylic acids is 1. The first kappa shape index (κ1) is 20.2. The van der Waals surface area contributed by atoms with Gasteiger partial charge in [0.15, 0.2) is 0 Å². The minimum Gasteiger partial charge on any atom is -0.361 e. The van der Waals surface area contributed by atoms with Crippen molar-refractivity contribution < 1.29 is 9.32 Å². The lowest BCUT2D eigenvalue weighted by molar-refractivity contribution is -0.132. The van der Waals surface area contributed by atoms with Crippen LogP contribution in [0.3, 0.4) is 0 Å². The Labute approximate surface area is 138 Å². The molecular weight excluding hydrogens is 315 g/mol. The van der Waals surface area contributed by atoms with Gasteiger partial charge in [0.2, 0.25) is 5.91 Å². The average Bonchev–Trinajstić information content (AvgIpc) is 2.82. The van der Waals surface area contributed by atoms with Crippen LogP contribution >= 0.6 is 24.8 Å². The second-order valence-electron chi connectivity index (χ2n) is 4.94. The van der Waals surface area contributed by atoms with Crippen LogP contribution in [0.5, 0.6) is 0 Å². The minimum absolute atomic E-state index is 0. The smallest absolute Gasteiger partial charge is 0.223 e. The monoisotopic (exact) mass is 338 g/mol. The first-order chi connectivity index (χ1) is 9.19. The third-order valence-corrected chi connectivity index (χ3v) is 3.38. The largest absolute Gasteiger partial charge is 0.361 e. The SMILES string of the molecule is CNCCC(=O)N1CCN(Cc2cc(C)on2)CC1.Cl.Cl. The molecule has 1 aromatic heterocycles. The van der Waals surface area contributed by atoms with Crippen LogP contribution in [0.15, 0.2) is 10.6 Å². The van der Waals surface area contributed by atoms with Crippen molar-refractivity contribution in [2.75, 3.05) is 39.8 Å². The third-order valence-electron chi connectivity index (χ3n) is 3.38. The summed E-state index contributed by atoms with van der Waals surface area (Å²) in [6.45, 7) is 6.86. The molecule has 1 aliphatic rings. The summed E-state index contributed by atoms with van der Waals surface area (Å²) in [6.07, 6.45) is 0.582. The number of aromatic nitrogens is 1. The van der Waals surface area contributed by atoms with E-state index in [1.807, 2.05) is 24.9 Å². The molecule has 122 valence electrons. The van der Waals surface area contributed by atoms with Gasteiger partial charge in [0.25, 0.3) is 0 Å². The van der Waals surface area contributed by atoms with E-state index in [1.54, 1.807) is 0 Å². The second kappa shape index (κ2) is 10.00. The quantitative estimate of drug-likeness (QED) is 0.870. The van der Waals surface area contributed by atoms with Crippen molar-refractivity contribution in [1.29, 1.82) is 0 Å². The van der Waals surface area contributed by atoms with E-state index in [4.69, 9.17) is 4.52 Å². The summed E-state index contributed by atoms with van der Waals surface area (Å²) >= 11 is 0. The predicted molar refractivity (Wildman–Crippen MR) is 86.1 cm³/mol. The molecule has 21 heavy (non-hydrogen) atoms.